The van der Waals surface area contributed by atoms with Crippen LogP contribution in [0.1, 0.15) is 19.3 Å². The molecule has 1 saturated carbocycles. The van der Waals surface area contributed by atoms with Gasteiger partial charge < -0.3 is 10.4 Å². The smallest absolute Gasteiger partial charge is 0.239 e. The molecule has 0 radical (unpaired) electrons. The second kappa shape index (κ2) is 4.40. The molecule has 16 heavy (non-hydrogen) atoms. The summed E-state index contributed by atoms with van der Waals surface area (Å²) < 4.78 is 0. The van der Waals surface area contributed by atoms with Crippen LogP contribution in [-0.4, -0.2) is 27.2 Å². The van der Waals surface area contributed by atoms with Crippen molar-refractivity contribution in [3.63, 3.8) is 0 Å². The summed E-state index contributed by atoms with van der Waals surface area (Å²) in [5.41, 5.74) is 2.06. The molecule has 0 aliphatic heterocycles. The second-order valence-electron chi connectivity index (χ2n) is 3.95. The van der Waals surface area contributed by atoms with Crippen LogP contribution in [0.15, 0.2) is 6.20 Å². The van der Waals surface area contributed by atoms with Gasteiger partial charge in [0, 0.05) is 0 Å². The molecule has 1 fully saturated rings. The van der Waals surface area contributed by atoms with Crippen LogP contribution in [0.5, 0.6) is 0 Å². The zero-order valence-corrected chi connectivity index (χ0v) is 9.46. The predicted molar refractivity (Wildman–Crippen MR) is 62.1 cm³/mol. The van der Waals surface area contributed by atoms with Gasteiger partial charge in [0.25, 0.3) is 0 Å². The largest absolute Gasteiger partial charge is 0.394 e. The van der Waals surface area contributed by atoms with Gasteiger partial charge in [-0.25, -0.2) is 10.8 Å². The minimum absolute atomic E-state index is 0.0682. The number of hydrogen-bond donors (Lipinski definition) is 4. The molecule has 1 aliphatic rings. The summed E-state index contributed by atoms with van der Waals surface area (Å²) in [5, 5.41) is 12.9. The molecule has 0 saturated heterocycles. The van der Waals surface area contributed by atoms with Gasteiger partial charge in [0.2, 0.25) is 5.95 Å². The number of hydrazine groups is 1. The number of aliphatic hydroxyl groups is 1. The molecule has 0 aromatic carbocycles. The Morgan fingerprint density at radius 3 is 2.81 bits per heavy atom. The minimum Gasteiger partial charge on any atom is -0.394 e. The lowest BCUT2D eigenvalue weighted by atomic mass is 9.77. The zero-order chi connectivity index (χ0) is 11.6. The molecule has 0 atom stereocenters. The van der Waals surface area contributed by atoms with Gasteiger partial charge in [-0.1, -0.05) is 11.6 Å². The quantitative estimate of drug-likeness (QED) is 0.460. The second-order valence-corrected chi connectivity index (χ2v) is 4.36. The number of nitrogens with two attached hydrogens (primary N) is 1. The molecule has 1 heterocycles. The van der Waals surface area contributed by atoms with E-state index in [1.54, 1.807) is 0 Å². The van der Waals surface area contributed by atoms with Crippen molar-refractivity contribution in [3.05, 3.63) is 11.2 Å². The van der Waals surface area contributed by atoms with E-state index in [1.807, 2.05) is 0 Å². The summed E-state index contributed by atoms with van der Waals surface area (Å²) in [6, 6.07) is 0. The van der Waals surface area contributed by atoms with Crippen LogP contribution in [0.2, 0.25) is 5.02 Å². The first-order chi connectivity index (χ1) is 7.69. The van der Waals surface area contributed by atoms with E-state index in [0.29, 0.717) is 16.8 Å². The lowest BCUT2D eigenvalue weighted by molar-refractivity contribution is 0.144. The van der Waals surface area contributed by atoms with Crippen molar-refractivity contribution < 1.29 is 5.11 Å². The normalized spacial score (nSPS) is 17.7. The first-order valence-electron chi connectivity index (χ1n) is 5.07. The van der Waals surface area contributed by atoms with Crippen LogP contribution in [0.3, 0.4) is 0 Å². The molecular weight excluding hydrogens is 230 g/mol. The van der Waals surface area contributed by atoms with Gasteiger partial charge in [0.15, 0.2) is 5.82 Å². The van der Waals surface area contributed by atoms with E-state index in [9.17, 15) is 5.11 Å². The fraction of sp³-hybridized carbons (Fsp3) is 0.556. The van der Waals surface area contributed by atoms with Crippen molar-refractivity contribution in [1.29, 1.82) is 0 Å². The monoisotopic (exact) mass is 243 g/mol. The summed E-state index contributed by atoms with van der Waals surface area (Å²) in [6.07, 6.45) is 4.39. The number of aromatic nitrogens is 2. The molecule has 0 bridgehead atoms. The van der Waals surface area contributed by atoms with E-state index in [2.05, 4.69) is 20.7 Å². The van der Waals surface area contributed by atoms with Gasteiger partial charge >= 0.3 is 0 Å². The first-order valence-corrected chi connectivity index (χ1v) is 5.45. The van der Waals surface area contributed by atoms with Crippen molar-refractivity contribution in [2.75, 3.05) is 17.3 Å². The van der Waals surface area contributed by atoms with Gasteiger partial charge in [-0.3, -0.25) is 5.43 Å². The molecule has 0 unspecified atom stereocenters. The molecule has 6 nitrogen and oxygen atoms in total. The van der Waals surface area contributed by atoms with Gasteiger partial charge in [-0.05, 0) is 19.3 Å². The summed E-state index contributed by atoms with van der Waals surface area (Å²) in [4.78, 5) is 7.98. The average Bonchev–Trinajstić information content (AvgIpc) is 2.26. The Kier molecular flexibility index (Phi) is 3.13. The number of aliphatic hydroxyl groups excluding tert-OH is 1. The van der Waals surface area contributed by atoms with Crippen molar-refractivity contribution in [3.8, 4) is 0 Å². The van der Waals surface area contributed by atoms with Crippen LogP contribution in [0.4, 0.5) is 11.8 Å². The molecule has 5 N–H and O–H groups in total. The Hall–Kier alpha value is -1.11. The number of hydrogen-bond acceptors (Lipinski definition) is 6. The Balaban J connectivity index is 2.19. The highest BCUT2D eigenvalue weighted by atomic mass is 35.5. The van der Waals surface area contributed by atoms with E-state index in [0.717, 1.165) is 19.3 Å². The lowest BCUT2D eigenvalue weighted by Gasteiger charge is -2.41. The average molecular weight is 244 g/mol. The third-order valence-electron chi connectivity index (χ3n) is 2.87. The Morgan fingerprint density at radius 2 is 2.31 bits per heavy atom. The summed E-state index contributed by atoms with van der Waals surface area (Å²) in [7, 11) is 0. The van der Waals surface area contributed by atoms with Gasteiger partial charge in [-0.2, -0.15) is 4.98 Å². The third kappa shape index (κ3) is 2.04. The van der Waals surface area contributed by atoms with Gasteiger partial charge in [-0.15, -0.1) is 0 Å². The summed E-state index contributed by atoms with van der Waals surface area (Å²) in [6.45, 7) is 0.0682. The molecule has 0 amide bonds. The van der Waals surface area contributed by atoms with Crippen molar-refractivity contribution in [2.24, 2.45) is 5.84 Å². The zero-order valence-electron chi connectivity index (χ0n) is 8.70. The Morgan fingerprint density at radius 1 is 1.56 bits per heavy atom. The van der Waals surface area contributed by atoms with E-state index in [4.69, 9.17) is 17.4 Å². The van der Waals surface area contributed by atoms with E-state index >= 15 is 0 Å². The van der Waals surface area contributed by atoms with Crippen molar-refractivity contribution >= 4 is 23.4 Å². The van der Waals surface area contributed by atoms with Gasteiger partial charge in [0.05, 0.1) is 18.3 Å². The maximum absolute atomic E-state index is 9.33. The van der Waals surface area contributed by atoms with Crippen LogP contribution >= 0.6 is 11.6 Å². The predicted octanol–water partition coefficient (Wildman–Crippen LogP) is 0.742. The number of nitrogens with one attached hydrogen (secondary N) is 2. The van der Waals surface area contributed by atoms with Crippen molar-refractivity contribution in [2.45, 2.75) is 24.8 Å². The van der Waals surface area contributed by atoms with Crippen LogP contribution in [-0.2, 0) is 0 Å². The number of nitrogen functional groups attached to an aromatic ring is 1. The van der Waals surface area contributed by atoms with Gasteiger partial charge in [0.1, 0.15) is 5.02 Å². The Bertz CT molecular complexity index is 377. The fourth-order valence-corrected chi connectivity index (χ4v) is 1.84. The third-order valence-corrected chi connectivity index (χ3v) is 3.15. The molecular formula is C9H14ClN5O. The standard InChI is InChI=1S/C9H14ClN5O/c10-6-4-12-8(15-11)13-7(6)14-9(5-16)2-1-3-9/h4,16H,1-3,5,11H2,(H2,12,13,14,15). The number of halogens is 1. The molecule has 0 spiro atoms. The highest BCUT2D eigenvalue weighted by Gasteiger charge is 2.37. The van der Waals surface area contributed by atoms with E-state index < -0.39 is 0 Å². The van der Waals surface area contributed by atoms with E-state index in [1.165, 1.54) is 6.20 Å². The van der Waals surface area contributed by atoms with E-state index in [-0.39, 0.29) is 12.1 Å². The fourth-order valence-electron chi connectivity index (χ4n) is 1.70. The first kappa shape index (κ1) is 11.4. The highest BCUT2D eigenvalue weighted by Crippen LogP contribution is 2.36. The summed E-state index contributed by atoms with van der Waals surface area (Å²) >= 11 is 5.96. The minimum atomic E-state index is -0.288. The lowest BCUT2D eigenvalue weighted by Crippen LogP contribution is -2.48. The maximum Gasteiger partial charge on any atom is 0.239 e. The molecule has 7 heteroatoms. The molecule has 1 aromatic rings. The maximum atomic E-state index is 9.33. The highest BCUT2D eigenvalue weighted by molar-refractivity contribution is 6.32. The number of rotatable bonds is 4. The topological polar surface area (TPSA) is 96.1 Å². The number of anilines is 2. The molecule has 2 rings (SSSR count). The molecule has 1 aromatic heterocycles. The SMILES string of the molecule is NNc1ncc(Cl)c(NC2(CO)CCC2)n1. The van der Waals surface area contributed by atoms with Crippen LogP contribution in [0.25, 0.3) is 0 Å². The van der Waals surface area contributed by atoms with Crippen LogP contribution < -0.4 is 16.6 Å². The number of nitrogens with zero attached hydrogens (tertiary/aromatic N) is 2. The Labute approximate surface area is 98.2 Å². The summed E-state index contributed by atoms with van der Waals surface area (Å²) in [5.74, 6) is 6.01. The molecule has 1 aliphatic carbocycles. The van der Waals surface area contributed by atoms with Crippen molar-refractivity contribution in [1.82, 2.24) is 9.97 Å². The van der Waals surface area contributed by atoms with Crippen LogP contribution in [0, 0.1) is 0 Å². The molecule has 88 valence electrons.